The normalized spacial score (nSPS) is 22.7. The van der Waals surface area contributed by atoms with Crippen LogP contribution in [0.3, 0.4) is 0 Å². The first-order valence-corrected chi connectivity index (χ1v) is 20.9. The van der Waals surface area contributed by atoms with Crippen LogP contribution in [0.2, 0.25) is 5.02 Å². The number of benzene rings is 2. The fraction of sp³-hybridized carbons (Fsp3) is 0.500. The van der Waals surface area contributed by atoms with Gasteiger partial charge in [-0.25, -0.2) is 9.97 Å². The maximum Gasteiger partial charge on any atom is 0.309 e. The van der Waals surface area contributed by atoms with E-state index in [0.717, 1.165) is 106 Å². The third-order valence-corrected chi connectivity index (χ3v) is 14.2. The van der Waals surface area contributed by atoms with E-state index in [1.165, 1.54) is 0 Å². The summed E-state index contributed by atoms with van der Waals surface area (Å²) in [5.41, 5.74) is 5.43. The molecule has 304 valence electrons. The molecule has 3 heterocycles. The maximum absolute atomic E-state index is 13.9. The molecule has 2 bridgehead atoms. The van der Waals surface area contributed by atoms with E-state index >= 15 is 0 Å². The number of carboxylic acid groups (broad SMARTS) is 1. The number of β-amino-alcohol motifs (C(OH)–C–C–N with tert-alkyl or cyclic N) is 1. The highest BCUT2D eigenvalue weighted by Gasteiger charge is 2.57. The minimum atomic E-state index is -0.606. The number of aromatic nitrogens is 4. The quantitative estimate of drug-likeness (QED) is 0.126. The number of aliphatic carboxylic acids is 1. The monoisotopic (exact) mass is 806 g/mol. The lowest BCUT2D eigenvalue weighted by atomic mass is 9.76. The number of aryl methyl sites for hydroxylation is 1. The molecule has 8 rings (SSSR count). The molecule has 1 aliphatic heterocycles. The highest BCUT2D eigenvalue weighted by Crippen LogP contribution is 2.63. The molecule has 2 saturated carbocycles. The molecule has 2 fully saturated rings. The van der Waals surface area contributed by atoms with Gasteiger partial charge < -0.3 is 30.0 Å². The van der Waals surface area contributed by atoms with Crippen LogP contribution in [0.4, 0.5) is 11.4 Å². The molecule has 1 unspecified atom stereocenters. The lowest BCUT2D eigenvalue weighted by molar-refractivity contribution is -0.148. The molecule has 0 radical (unpaired) electrons. The summed E-state index contributed by atoms with van der Waals surface area (Å²) in [5.74, 6) is -0.330. The number of aliphatic hydroxyl groups excluding tert-OH is 1. The van der Waals surface area contributed by atoms with Crippen molar-refractivity contribution in [2.75, 3.05) is 30.3 Å². The summed E-state index contributed by atoms with van der Waals surface area (Å²) >= 11 is 6.99. The minimum Gasteiger partial charge on any atom is -0.481 e. The van der Waals surface area contributed by atoms with Gasteiger partial charge in [0.05, 0.1) is 45.4 Å². The summed E-state index contributed by atoms with van der Waals surface area (Å²) in [6, 6.07) is 12.7. The molecular formula is C44H51ClN8O5. The lowest BCUT2D eigenvalue weighted by Crippen LogP contribution is -2.33. The smallest absolute Gasteiger partial charge is 0.309 e. The zero-order chi connectivity index (χ0) is 40.8. The molecule has 1 atom stereocenters. The van der Waals surface area contributed by atoms with Gasteiger partial charge in [0.2, 0.25) is 0 Å². The number of amides is 2. The molecule has 0 saturated heterocycles. The predicted octanol–water partition coefficient (Wildman–Crippen LogP) is 6.90. The number of nitriles is 1. The molecule has 3 aliphatic carbocycles. The van der Waals surface area contributed by atoms with Crippen LogP contribution in [0.15, 0.2) is 36.4 Å². The van der Waals surface area contributed by atoms with Gasteiger partial charge in [0.15, 0.2) is 11.6 Å². The Morgan fingerprint density at radius 1 is 0.897 bits per heavy atom. The van der Waals surface area contributed by atoms with Gasteiger partial charge in [-0.3, -0.25) is 19.3 Å². The summed E-state index contributed by atoms with van der Waals surface area (Å²) in [7, 11) is 3.70. The minimum absolute atomic E-state index is 0.0531. The van der Waals surface area contributed by atoms with Gasteiger partial charge in [-0.05, 0) is 94.1 Å². The second-order valence-electron chi connectivity index (χ2n) is 17.0. The molecule has 13 nitrogen and oxygen atoms in total. The van der Waals surface area contributed by atoms with Crippen LogP contribution in [0.5, 0.6) is 0 Å². The molecule has 2 aromatic carbocycles. The number of carbonyl (C=O) groups is 3. The SMILES string of the molecule is Cn1c(C(=O)Nc2cccc(-c3cccc(NC(=O)c4nc5c(n4C)CCN(CCO)C5)c3C#N)c2Cl)nc2c1CCC(CCC13CCC(C(=O)O)(CC1)C3)CCC2. The summed E-state index contributed by atoms with van der Waals surface area (Å²) < 4.78 is 3.69. The van der Waals surface area contributed by atoms with E-state index in [2.05, 4.69) is 26.6 Å². The number of nitrogens with one attached hydrogen (secondary N) is 2. The van der Waals surface area contributed by atoms with Crippen molar-refractivity contribution in [3.63, 3.8) is 0 Å². The Hall–Kier alpha value is -5.03. The van der Waals surface area contributed by atoms with E-state index in [4.69, 9.17) is 16.6 Å². The standard InChI is InChI=1S/C44H51ClN8O5/c1-51-35-13-12-27(14-16-43-17-19-44(26-43,20-18-43)42(57)58)6-3-10-32(35)47-38(51)41(56)50-33-11-5-8-29(37(33)45)28-7-4-9-31(30(28)24-46)49-40(55)39-48-34-25-53(22-23-54)21-15-36(34)52(39)2/h4-5,7-9,11,27,54H,3,6,10,12-23,25-26H2,1-2H3,(H,49,55)(H,50,56)(H,57,58). The Kier molecular flexibility index (Phi) is 10.9. The lowest BCUT2D eigenvalue weighted by Gasteiger charge is -2.29. The van der Waals surface area contributed by atoms with Gasteiger partial charge in [0.1, 0.15) is 6.07 Å². The van der Waals surface area contributed by atoms with Crippen LogP contribution < -0.4 is 10.6 Å². The number of halogens is 1. The second kappa shape index (κ2) is 16.0. The van der Waals surface area contributed by atoms with Gasteiger partial charge in [-0.2, -0.15) is 5.26 Å². The number of imidazole rings is 2. The van der Waals surface area contributed by atoms with E-state index < -0.39 is 17.3 Å². The summed E-state index contributed by atoms with van der Waals surface area (Å²) in [4.78, 5) is 51.0. The molecule has 58 heavy (non-hydrogen) atoms. The first kappa shape index (κ1) is 39.8. The van der Waals surface area contributed by atoms with Crippen LogP contribution in [0.1, 0.15) is 114 Å². The summed E-state index contributed by atoms with van der Waals surface area (Å²) in [6.07, 6.45) is 12.2. The third-order valence-electron chi connectivity index (χ3n) is 13.7. The highest BCUT2D eigenvalue weighted by atomic mass is 35.5. The van der Waals surface area contributed by atoms with Crippen molar-refractivity contribution in [3.05, 3.63) is 81.4 Å². The number of hydrogen-bond donors (Lipinski definition) is 4. The van der Waals surface area contributed by atoms with Gasteiger partial charge in [0.25, 0.3) is 11.8 Å². The molecule has 4 N–H and O–H groups in total. The fourth-order valence-corrected chi connectivity index (χ4v) is 10.7. The van der Waals surface area contributed by atoms with E-state index in [1.807, 2.05) is 18.7 Å². The van der Waals surface area contributed by atoms with Gasteiger partial charge in [-0.15, -0.1) is 0 Å². The maximum atomic E-state index is 13.9. The molecule has 4 aliphatic rings. The first-order chi connectivity index (χ1) is 27.9. The van der Waals surface area contributed by atoms with Crippen LogP contribution in [-0.2, 0) is 44.7 Å². The molecular weight excluding hydrogens is 756 g/mol. The largest absolute Gasteiger partial charge is 0.481 e. The Morgan fingerprint density at radius 2 is 1.55 bits per heavy atom. The van der Waals surface area contributed by atoms with Crippen LogP contribution >= 0.6 is 11.6 Å². The molecule has 2 aromatic heterocycles. The van der Waals surface area contributed by atoms with Crippen molar-refractivity contribution in [2.24, 2.45) is 30.8 Å². The zero-order valence-electron chi connectivity index (χ0n) is 33.2. The first-order valence-electron chi connectivity index (χ1n) is 20.5. The number of hydrogen-bond acceptors (Lipinski definition) is 8. The Morgan fingerprint density at radius 3 is 2.22 bits per heavy atom. The van der Waals surface area contributed by atoms with E-state index in [1.54, 1.807) is 41.0 Å². The Bertz CT molecular complexity index is 2320. The summed E-state index contributed by atoms with van der Waals surface area (Å²) in [6.45, 7) is 1.90. The molecule has 14 heteroatoms. The number of aliphatic hydroxyl groups is 1. The molecule has 4 aromatic rings. The van der Waals surface area contributed by atoms with Crippen LogP contribution in [-0.4, -0.2) is 71.7 Å². The zero-order valence-corrected chi connectivity index (χ0v) is 34.0. The van der Waals surface area contributed by atoms with E-state index in [0.29, 0.717) is 53.8 Å². The van der Waals surface area contributed by atoms with E-state index in [9.17, 15) is 29.9 Å². The van der Waals surface area contributed by atoms with Gasteiger partial charge in [-0.1, -0.05) is 42.3 Å². The number of fused-ring (bicyclic) bond motifs is 4. The van der Waals surface area contributed by atoms with Crippen molar-refractivity contribution >= 4 is 40.8 Å². The molecule has 0 spiro atoms. The average Bonchev–Trinajstić information content (AvgIpc) is 3.95. The number of nitrogens with zero attached hydrogens (tertiary/aromatic N) is 6. The van der Waals surface area contributed by atoms with Gasteiger partial charge >= 0.3 is 5.97 Å². The van der Waals surface area contributed by atoms with Crippen molar-refractivity contribution in [1.29, 1.82) is 5.26 Å². The van der Waals surface area contributed by atoms with Gasteiger partial charge in [0, 0.05) is 62.7 Å². The second-order valence-corrected chi connectivity index (χ2v) is 17.4. The highest BCUT2D eigenvalue weighted by molar-refractivity contribution is 6.36. The topological polar surface area (TPSA) is 178 Å². The van der Waals surface area contributed by atoms with E-state index in [-0.39, 0.29) is 34.3 Å². The van der Waals surface area contributed by atoms with Crippen LogP contribution in [0.25, 0.3) is 11.1 Å². The number of anilines is 2. The fourth-order valence-electron chi connectivity index (χ4n) is 10.4. The number of carboxylic acids is 1. The Labute approximate surface area is 343 Å². The number of carbonyl (C=O) groups excluding carboxylic acids is 2. The van der Waals surface area contributed by atoms with Crippen molar-refractivity contribution in [1.82, 2.24) is 24.0 Å². The Balaban J connectivity index is 0.949. The molecule has 2 amide bonds. The summed E-state index contributed by atoms with van der Waals surface area (Å²) in [5, 5.41) is 35.7. The predicted molar refractivity (Wildman–Crippen MR) is 220 cm³/mol. The average molecular weight is 807 g/mol. The van der Waals surface area contributed by atoms with Crippen LogP contribution in [0, 0.1) is 28.1 Å². The van der Waals surface area contributed by atoms with Crippen molar-refractivity contribution in [2.45, 2.75) is 90.0 Å². The van der Waals surface area contributed by atoms with Crippen molar-refractivity contribution in [3.8, 4) is 17.2 Å². The third kappa shape index (κ3) is 7.31. The number of rotatable bonds is 11. The van der Waals surface area contributed by atoms with Crippen molar-refractivity contribution < 1.29 is 24.6 Å².